The van der Waals surface area contributed by atoms with Crippen LogP contribution in [-0.2, 0) is 0 Å². The summed E-state index contributed by atoms with van der Waals surface area (Å²) >= 11 is 0. The molecule has 1 aromatic carbocycles. The number of hydrogen-bond acceptors (Lipinski definition) is 4. The Morgan fingerprint density at radius 2 is 2.00 bits per heavy atom. The Balaban J connectivity index is 2.91. The van der Waals surface area contributed by atoms with Gasteiger partial charge in [-0.15, -0.1) is 0 Å². The zero-order valence-corrected chi connectivity index (χ0v) is 8.05. The summed E-state index contributed by atoms with van der Waals surface area (Å²) in [5.74, 6) is 1.54. The molecule has 0 amide bonds. The summed E-state index contributed by atoms with van der Waals surface area (Å²) in [4.78, 5) is 5.10. The number of methoxy groups -OCH3 is 1. The molecule has 1 rings (SSSR count). The average molecular weight is 182 g/mol. The quantitative estimate of drug-likeness (QED) is 0.688. The average Bonchev–Trinajstić information content (AvgIpc) is 2.18. The van der Waals surface area contributed by atoms with Crippen molar-refractivity contribution in [3.05, 3.63) is 18.2 Å². The summed E-state index contributed by atoms with van der Waals surface area (Å²) in [6.07, 6.45) is 0. The fourth-order valence-electron chi connectivity index (χ4n) is 1.06. The summed E-state index contributed by atoms with van der Waals surface area (Å²) in [5.41, 5.74) is 3.50. The van der Waals surface area contributed by atoms with Crippen LogP contribution in [0.25, 0.3) is 0 Å². The second-order valence-corrected chi connectivity index (χ2v) is 2.42. The minimum atomic E-state index is 0.743. The number of hydrogen-bond donors (Lipinski definition) is 2. The van der Waals surface area contributed by atoms with Crippen LogP contribution >= 0.6 is 0 Å². The van der Waals surface area contributed by atoms with Crippen LogP contribution in [0.1, 0.15) is 0 Å². The number of anilines is 1. The highest BCUT2D eigenvalue weighted by Crippen LogP contribution is 2.27. The van der Waals surface area contributed by atoms with Gasteiger partial charge in [-0.25, -0.2) is 0 Å². The van der Waals surface area contributed by atoms with Crippen molar-refractivity contribution in [3.63, 3.8) is 0 Å². The molecule has 0 aliphatic heterocycles. The Labute approximate surface area is 77.8 Å². The first-order valence-electron chi connectivity index (χ1n) is 4.01. The van der Waals surface area contributed by atoms with Gasteiger partial charge < -0.3 is 14.9 Å². The van der Waals surface area contributed by atoms with Gasteiger partial charge in [-0.2, -0.15) is 5.48 Å². The second kappa shape index (κ2) is 4.57. The molecule has 0 fully saturated rings. The maximum atomic E-state index is 5.13. The van der Waals surface area contributed by atoms with Gasteiger partial charge in [0.25, 0.3) is 0 Å². The van der Waals surface area contributed by atoms with Gasteiger partial charge in [0.05, 0.1) is 12.8 Å². The molecule has 0 radical (unpaired) electrons. The number of rotatable bonds is 4. The molecule has 0 atom stereocenters. The predicted molar refractivity (Wildman–Crippen MR) is 52.2 cm³/mol. The Morgan fingerprint density at radius 1 is 1.23 bits per heavy atom. The Hall–Kier alpha value is -1.42. The largest absolute Gasteiger partial charge is 0.495 e. The first-order chi connectivity index (χ1) is 6.31. The predicted octanol–water partition coefficient (Wildman–Crippen LogP) is 1.25. The van der Waals surface area contributed by atoms with Crippen molar-refractivity contribution in [1.82, 2.24) is 5.48 Å². The standard InChI is InChI=1S/C9H14N2O2/c1-10-8-6-7(13-11-2)4-5-9(8)12-3/h4-6,10-11H,1-3H3. The molecule has 1 aromatic rings. The fourth-order valence-corrected chi connectivity index (χ4v) is 1.06. The maximum absolute atomic E-state index is 5.13. The normalized spacial score (nSPS) is 9.46. The molecular weight excluding hydrogens is 168 g/mol. The van der Waals surface area contributed by atoms with Crippen molar-refractivity contribution in [2.45, 2.75) is 0 Å². The molecule has 0 aliphatic rings. The zero-order valence-electron chi connectivity index (χ0n) is 8.05. The highest BCUT2D eigenvalue weighted by atomic mass is 16.6. The number of benzene rings is 1. The van der Waals surface area contributed by atoms with Crippen LogP contribution in [0.3, 0.4) is 0 Å². The van der Waals surface area contributed by atoms with Gasteiger partial charge in [0.2, 0.25) is 0 Å². The molecule has 0 spiro atoms. The highest BCUT2D eigenvalue weighted by Gasteiger charge is 2.02. The Kier molecular flexibility index (Phi) is 3.40. The molecule has 4 nitrogen and oxygen atoms in total. The molecule has 0 heterocycles. The van der Waals surface area contributed by atoms with E-state index in [0.29, 0.717) is 0 Å². The molecule has 0 bridgehead atoms. The van der Waals surface area contributed by atoms with Gasteiger partial charge in [-0.3, -0.25) is 0 Å². The molecule has 0 aromatic heterocycles. The molecule has 4 heteroatoms. The lowest BCUT2D eigenvalue weighted by Gasteiger charge is -2.09. The van der Waals surface area contributed by atoms with E-state index in [1.54, 1.807) is 14.2 Å². The lowest BCUT2D eigenvalue weighted by Crippen LogP contribution is -2.11. The van der Waals surface area contributed by atoms with Crippen LogP contribution in [0.5, 0.6) is 11.5 Å². The number of hydroxylamine groups is 1. The van der Waals surface area contributed by atoms with Gasteiger partial charge in [0, 0.05) is 20.2 Å². The van der Waals surface area contributed by atoms with Gasteiger partial charge in [-0.05, 0) is 12.1 Å². The third-order valence-corrected chi connectivity index (χ3v) is 1.66. The van der Waals surface area contributed by atoms with E-state index in [9.17, 15) is 0 Å². The van der Waals surface area contributed by atoms with Crippen molar-refractivity contribution < 1.29 is 9.57 Å². The SMILES string of the molecule is CNOc1ccc(OC)c(NC)c1. The summed E-state index contributed by atoms with van der Waals surface area (Å²) in [5, 5.41) is 3.01. The summed E-state index contributed by atoms with van der Waals surface area (Å²) < 4.78 is 5.13. The highest BCUT2D eigenvalue weighted by molar-refractivity contribution is 5.59. The van der Waals surface area contributed by atoms with E-state index < -0.39 is 0 Å². The van der Waals surface area contributed by atoms with Crippen molar-refractivity contribution >= 4 is 5.69 Å². The van der Waals surface area contributed by atoms with Crippen LogP contribution in [-0.4, -0.2) is 21.2 Å². The topological polar surface area (TPSA) is 42.5 Å². The summed E-state index contributed by atoms with van der Waals surface area (Å²) in [6.45, 7) is 0. The first kappa shape index (κ1) is 9.67. The van der Waals surface area contributed by atoms with E-state index in [1.807, 2.05) is 25.2 Å². The van der Waals surface area contributed by atoms with Crippen molar-refractivity contribution in [1.29, 1.82) is 0 Å². The first-order valence-corrected chi connectivity index (χ1v) is 4.01. The Morgan fingerprint density at radius 3 is 2.54 bits per heavy atom. The molecule has 0 saturated carbocycles. The van der Waals surface area contributed by atoms with Crippen molar-refractivity contribution in [2.24, 2.45) is 0 Å². The summed E-state index contributed by atoms with van der Waals surface area (Å²) in [6, 6.07) is 5.53. The van der Waals surface area contributed by atoms with Crippen LogP contribution in [0.2, 0.25) is 0 Å². The lowest BCUT2D eigenvalue weighted by molar-refractivity contribution is 0.223. The van der Waals surface area contributed by atoms with E-state index in [2.05, 4.69) is 10.8 Å². The van der Waals surface area contributed by atoms with Crippen LogP contribution in [0, 0.1) is 0 Å². The van der Waals surface area contributed by atoms with Crippen LogP contribution < -0.4 is 20.4 Å². The van der Waals surface area contributed by atoms with Gasteiger partial charge in [0.1, 0.15) is 11.5 Å². The molecule has 2 N–H and O–H groups in total. The van der Waals surface area contributed by atoms with Gasteiger partial charge >= 0.3 is 0 Å². The van der Waals surface area contributed by atoms with E-state index in [1.165, 1.54) is 0 Å². The zero-order chi connectivity index (χ0) is 9.68. The van der Waals surface area contributed by atoms with E-state index >= 15 is 0 Å². The third kappa shape index (κ3) is 2.26. The van der Waals surface area contributed by atoms with E-state index in [-0.39, 0.29) is 0 Å². The second-order valence-electron chi connectivity index (χ2n) is 2.42. The fraction of sp³-hybridized carbons (Fsp3) is 0.333. The third-order valence-electron chi connectivity index (χ3n) is 1.66. The Bertz CT molecular complexity index is 276. The molecule has 0 saturated heterocycles. The van der Waals surface area contributed by atoms with E-state index in [4.69, 9.17) is 9.57 Å². The van der Waals surface area contributed by atoms with Crippen LogP contribution in [0.15, 0.2) is 18.2 Å². The smallest absolute Gasteiger partial charge is 0.149 e. The molecule has 0 aliphatic carbocycles. The van der Waals surface area contributed by atoms with Crippen molar-refractivity contribution in [3.8, 4) is 11.5 Å². The molecule has 13 heavy (non-hydrogen) atoms. The van der Waals surface area contributed by atoms with Gasteiger partial charge in [0.15, 0.2) is 0 Å². The monoisotopic (exact) mass is 182 g/mol. The number of nitrogens with one attached hydrogen (secondary N) is 2. The lowest BCUT2D eigenvalue weighted by atomic mass is 10.3. The molecule has 0 unspecified atom stereocenters. The maximum Gasteiger partial charge on any atom is 0.149 e. The number of ether oxygens (including phenoxy) is 1. The summed E-state index contributed by atoms with van der Waals surface area (Å²) in [7, 11) is 5.18. The van der Waals surface area contributed by atoms with Gasteiger partial charge in [-0.1, -0.05) is 0 Å². The van der Waals surface area contributed by atoms with E-state index in [0.717, 1.165) is 17.2 Å². The molecule has 72 valence electrons. The minimum Gasteiger partial charge on any atom is -0.495 e. The minimum absolute atomic E-state index is 0.743. The molecular formula is C9H14N2O2. The van der Waals surface area contributed by atoms with Crippen LogP contribution in [0.4, 0.5) is 5.69 Å². The van der Waals surface area contributed by atoms with Crippen molar-refractivity contribution in [2.75, 3.05) is 26.5 Å².